The van der Waals surface area contributed by atoms with Gasteiger partial charge in [0, 0.05) is 5.02 Å². The van der Waals surface area contributed by atoms with Crippen LogP contribution in [0.5, 0.6) is 5.75 Å². The van der Waals surface area contributed by atoms with Gasteiger partial charge in [-0.1, -0.05) is 52.3 Å². The lowest BCUT2D eigenvalue weighted by Crippen LogP contribution is -2.21. The van der Waals surface area contributed by atoms with E-state index in [0.29, 0.717) is 34.4 Å². The largest absolute Gasteiger partial charge is 0.496 e. The van der Waals surface area contributed by atoms with Crippen LogP contribution >= 0.6 is 11.6 Å². The van der Waals surface area contributed by atoms with Gasteiger partial charge in [-0.15, -0.1) is 5.10 Å². The van der Waals surface area contributed by atoms with Gasteiger partial charge < -0.3 is 9.26 Å². The van der Waals surface area contributed by atoms with Crippen molar-refractivity contribution < 1.29 is 9.26 Å². The average molecular weight is 450 g/mol. The van der Waals surface area contributed by atoms with Crippen molar-refractivity contribution in [3.63, 3.8) is 0 Å². The fourth-order valence-corrected chi connectivity index (χ4v) is 3.49. The second kappa shape index (κ2) is 8.23. The molecule has 32 heavy (non-hydrogen) atoms. The second-order valence-corrected chi connectivity index (χ2v) is 7.31. The fraction of sp³-hybridized carbons (Fsp3) is 0.143. The van der Waals surface area contributed by atoms with Gasteiger partial charge in [0.2, 0.25) is 11.7 Å². The molecule has 0 unspecified atom stereocenters. The number of hydrogen-bond acceptors (Lipinski definition) is 8. The quantitative estimate of drug-likeness (QED) is 0.388. The van der Waals surface area contributed by atoms with Crippen LogP contribution in [0.3, 0.4) is 0 Å². The van der Waals surface area contributed by atoms with Gasteiger partial charge in [-0.05, 0) is 23.8 Å². The van der Waals surface area contributed by atoms with Crippen molar-refractivity contribution in [1.29, 1.82) is 0 Å². The lowest BCUT2D eigenvalue weighted by molar-refractivity contribution is 0.369. The first-order chi connectivity index (χ1) is 15.6. The highest BCUT2D eigenvalue weighted by Crippen LogP contribution is 2.27. The van der Waals surface area contributed by atoms with Gasteiger partial charge >= 0.3 is 0 Å². The molecule has 0 aliphatic carbocycles. The van der Waals surface area contributed by atoms with Gasteiger partial charge in [0.25, 0.3) is 5.56 Å². The van der Waals surface area contributed by atoms with Crippen molar-refractivity contribution in [3.05, 3.63) is 81.7 Å². The third-order valence-corrected chi connectivity index (χ3v) is 5.26. The molecule has 5 rings (SSSR count). The lowest BCUT2D eigenvalue weighted by Gasteiger charge is -2.05. The van der Waals surface area contributed by atoms with E-state index in [-0.39, 0.29) is 23.5 Å². The van der Waals surface area contributed by atoms with Crippen molar-refractivity contribution in [2.75, 3.05) is 7.11 Å². The van der Waals surface area contributed by atoms with E-state index in [0.717, 1.165) is 5.56 Å². The Morgan fingerprint density at radius 2 is 1.91 bits per heavy atom. The molecule has 10 nitrogen and oxygen atoms in total. The van der Waals surface area contributed by atoms with Crippen molar-refractivity contribution in [2.45, 2.75) is 13.1 Å². The number of rotatable bonds is 6. The first-order valence-electron chi connectivity index (χ1n) is 9.62. The van der Waals surface area contributed by atoms with Gasteiger partial charge in [-0.3, -0.25) is 9.36 Å². The van der Waals surface area contributed by atoms with E-state index >= 15 is 0 Å². The Labute approximate surface area is 186 Å². The van der Waals surface area contributed by atoms with E-state index in [9.17, 15) is 4.79 Å². The number of ether oxygens (including phenoxy) is 1. The molecule has 0 bridgehead atoms. The predicted octanol–water partition coefficient (Wildman–Crippen LogP) is 2.80. The third kappa shape index (κ3) is 3.60. The maximum atomic E-state index is 12.9. The molecule has 0 amide bonds. The van der Waals surface area contributed by atoms with Crippen LogP contribution in [0, 0.1) is 0 Å². The molecule has 0 radical (unpaired) electrons. The highest BCUT2D eigenvalue weighted by Gasteiger charge is 2.17. The fourth-order valence-electron chi connectivity index (χ4n) is 3.30. The van der Waals surface area contributed by atoms with Crippen LogP contribution in [0.1, 0.15) is 11.5 Å². The summed E-state index contributed by atoms with van der Waals surface area (Å²) in [5.74, 6) is 1.23. The van der Waals surface area contributed by atoms with E-state index in [1.54, 1.807) is 19.2 Å². The molecule has 2 aromatic carbocycles. The number of fused-ring (bicyclic) bond motifs is 1. The molecule has 0 atom stereocenters. The molecule has 0 aliphatic rings. The summed E-state index contributed by atoms with van der Waals surface area (Å²) >= 11 is 6.23. The number of halogens is 1. The number of methoxy groups -OCH3 is 1. The average Bonchev–Trinajstić information content (AvgIpc) is 3.45. The number of benzene rings is 2. The number of hydrogen-bond donors (Lipinski definition) is 0. The summed E-state index contributed by atoms with van der Waals surface area (Å²) in [6.07, 6.45) is 1.41. The Bertz CT molecular complexity index is 1470. The zero-order valence-corrected chi connectivity index (χ0v) is 17.6. The summed E-state index contributed by atoms with van der Waals surface area (Å²) in [5, 5.41) is 12.7. The molecule has 3 aromatic heterocycles. The number of nitrogens with zero attached hydrogens (tertiary/aromatic N) is 7. The predicted molar refractivity (Wildman–Crippen MR) is 116 cm³/mol. The van der Waals surface area contributed by atoms with Gasteiger partial charge in [0.15, 0.2) is 11.2 Å². The van der Waals surface area contributed by atoms with E-state index in [2.05, 4.69) is 25.4 Å². The van der Waals surface area contributed by atoms with Crippen molar-refractivity contribution >= 4 is 22.8 Å². The van der Waals surface area contributed by atoms with E-state index in [1.807, 2.05) is 36.4 Å². The molecule has 3 heterocycles. The minimum Gasteiger partial charge on any atom is -0.496 e. The first kappa shape index (κ1) is 19.9. The van der Waals surface area contributed by atoms with Crippen molar-refractivity contribution in [2.24, 2.45) is 0 Å². The van der Waals surface area contributed by atoms with E-state index < -0.39 is 0 Å². The summed E-state index contributed by atoms with van der Waals surface area (Å²) < 4.78 is 13.5. The van der Waals surface area contributed by atoms with Crippen LogP contribution < -0.4 is 10.3 Å². The van der Waals surface area contributed by atoms with Crippen LogP contribution in [-0.4, -0.2) is 41.8 Å². The Balaban J connectivity index is 1.43. The van der Waals surface area contributed by atoms with Gasteiger partial charge in [0.05, 0.1) is 19.2 Å². The van der Waals surface area contributed by atoms with Crippen LogP contribution in [0.15, 0.2) is 64.2 Å². The minimum atomic E-state index is -0.363. The second-order valence-electron chi connectivity index (χ2n) is 6.90. The van der Waals surface area contributed by atoms with Crippen LogP contribution in [0.25, 0.3) is 22.6 Å². The monoisotopic (exact) mass is 449 g/mol. The topological polar surface area (TPSA) is 114 Å². The summed E-state index contributed by atoms with van der Waals surface area (Å²) in [6, 6.07) is 14.7. The summed E-state index contributed by atoms with van der Waals surface area (Å²) in [4.78, 5) is 21.7. The molecule has 0 spiro atoms. The van der Waals surface area contributed by atoms with Crippen molar-refractivity contribution in [3.8, 4) is 17.1 Å². The molecular formula is C21H16ClN7O3. The van der Waals surface area contributed by atoms with Crippen LogP contribution in [0.2, 0.25) is 5.02 Å². The smallest absolute Gasteiger partial charge is 0.283 e. The minimum absolute atomic E-state index is 0.0430. The molecule has 0 saturated heterocycles. The molecular weight excluding hydrogens is 434 g/mol. The summed E-state index contributed by atoms with van der Waals surface area (Å²) in [5.41, 5.74) is 1.68. The first-order valence-corrected chi connectivity index (χ1v) is 10.00. The molecule has 0 saturated carbocycles. The molecule has 0 N–H and O–H groups in total. The SMILES string of the molecule is COc1ccccc1-c1noc(Cn2cnc3c(nnn3Cc3ccccc3Cl)c2=O)n1. The maximum absolute atomic E-state index is 12.9. The summed E-state index contributed by atoms with van der Waals surface area (Å²) in [6.45, 7) is 0.389. The Kier molecular flexibility index (Phi) is 5.12. The van der Waals surface area contributed by atoms with E-state index in [4.69, 9.17) is 20.9 Å². The molecule has 0 aliphatic heterocycles. The van der Waals surface area contributed by atoms with E-state index in [1.165, 1.54) is 15.6 Å². The number of para-hydroxylation sites is 1. The standard InChI is InChI=1S/C21H16ClN7O3/c1-31-16-9-5-3-7-14(16)19-24-17(32-26-19)11-28-12-23-20-18(21(28)30)25-27-29(20)10-13-6-2-4-8-15(13)22/h2-9,12H,10-11H2,1H3. The third-order valence-electron chi connectivity index (χ3n) is 4.89. The maximum Gasteiger partial charge on any atom is 0.283 e. The van der Waals surface area contributed by atoms with Crippen LogP contribution in [0.4, 0.5) is 0 Å². The lowest BCUT2D eigenvalue weighted by atomic mass is 10.2. The normalized spacial score (nSPS) is 11.2. The van der Waals surface area contributed by atoms with Crippen molar-refractivity contribution in [1.82, 2.24) is 34.7 Å². The van der Waals surface area contributed by atoms with Gasteiger partial charge in [0.1, 0.15) is 18.6 Å². The molecule has 0 fully saturated rings. The van der Waals surface area contributed by atoms with Gasteiger partial charge in [-0.2, -0.15) is 4.98 Å². The zero-order chi connectivity index (χ0) is 22.1. The highest BCUT2D eigenvalue weighted by molar-refractivity contribution is 6.31. The Hall–Kier alpha value is -4.05. The van der Waals surface area contributed by atoms with Gasteiger partial charge in [-0.25, -0.2) is 9.67 Å². The Morgan fingerprint density at radius 1 is 1.09 bits per heavy atom. The molecule has 5 aromatic rings. The molecule has 160 valence electrons. The molecule has 11 heteroatoms. The summed E-state index contributed by atoms with van der Waals surface area (Å²) in [7, 11) is 1.57. The Morgan fingerprint density at radius 3 is 2.75 bits per heavy atom. The van der Waals surface area contributed by atoms with Crippen LogP contribution in [-0.2, 0) is 13.1 Å². The highest BCUT2D eigenvalue weighted by atomic mass is 35.5. The number of aromatic nitrogens is 7. The zero-order valence-electron chi connectivity index (χ0n) is 16.8.